The zero-order chi connectivity index (χ0) is 11.6. The minimum absolute atomic E-state index is 0.304. The minimum atomic E-state index is -0.465. The molecule has 0 amide bonds. The van der Waals surface area contributed by atoms with Crippen LogP contribution in [0.25, 0.3) is 0 Å². The van der Waals surface area contributed by atoms with Gasteiger partial charge in [-0.15, -0.1) is 0 Å². The Hall–Kier alpha value is -0.710. The van der Waals surface area contributed by atoms with Crippen molar-refractivity contribution in [1.82, 2.24) is 0 Å². The van der Waals surface area contributed by atoms with E-state index < -0.39 is 5.54 Å². The molecule has 2 rings (SSSR count). The molecule has 4 N–H and O–H groups in total. The molecule has 1 saturated carbocycles. The third kappa shape index (κ3) is 2.05. The van der Waals surface area contributed by atoms with Crippen molar-refractivity contribution in [3.63, 3.8) is 0 Å². The van der Waals surface area contributed by atoms with Crippen LogP contribution in [0.15, 0.2) is 17.1 Å². The fourth-order valence-electron chi connectivity index (χ4n) is 2.76. The van der Waals surface area contributed by atoms with Crippen molar-refractivity contribution in [3.8, 4) is 0 Å². The number of methoxy groups -OCH3 is 1. The van der Waals surface area contributed by atoms with Crippen molar-refractivity contribution in [3.05, 3.63) is 12.2 Å². The molecule has 4 heteroatoms. The summed E-state index contributed by atoms with van der Waals surface area (Å²) in [6, 6.07) is 0. The molecule has 0 aromatic rings. The molecular weight excluding hydrogens is 202 g/mol. The van der Waals surface area contributed by atoms with Crippen LogP contribution < -0.4 is 11.5 Å². The van der Waals surface area contributed by atoms with Crippen LogP contribution in [-0.2, 0) is 4.74 Å². The van der Waals surface area contributed by atoms with Crippen molar-refractivity contribution >= 4 is 6.21 Å². The predicted molar refractivity (Wildman–Crippen MR) is 65.3 cm³/mol. The van der Waals surface area contributed by atoms with E-state index in [9.17, 15) is 0 Å². The van der Waals surface area contributed by atoms with Gasteiger partial charge < -0.3 is 16.2 Å². The first-order valence-electron chi connectivity index (χ1n) is 5.95. The minimum Gasteiger partial charge on any atom is -0.381 e. The number of ether oxygens (including phenoxy) is 1. The van der Waals surface area contributed by atoms with Gasteiger partial charge in [0.1, 0.15) is 6.17 Å². The molecule has 1 aliphatic heterocycles. The van der Waals surface area contributed by atoms with Crippen LogP contribution >= 0.6 is 0 Å². The monoisotopic (exact) mass is 223 g/mol. The molecule has 90 valence electrons. The topological polar surface area (TPSA) is 73.6 Å². The number of rotatable bonds is 2. The second kappa shape index (κ2) is 4.65. The molecule has 0 bridgehead atoms. The Balaban J connectivity index is 2.03. The van der Waals surface area contributed by atoms with Crippen molar-refractivity contribution < 1.29 is 4.74 Å². The maximum Gasteiger partial charge on any atom is 0.119 e. The van der Waals surface area contributed by atoms with E-state index in [2.05, 4.69) is 4.99 Å². The van der Waals surface area contributed by atoms with E-state index in [0.717, 1.165) is 25.7 Å². The largest absolute Gasteiger partial charge is 0.381 e. The third-order valence-electron chi connectivity index (χ3n) is 3.94. The first-order chi connectivity index (χ1) is 7.66. The van der Waals surface area contributed by atoms with E-state index in [0.29, 0.717) is 12.0 Å². The SMILES string of the molecule is COC1CCC(C2(N)C=CC=NC2N)CC1. The highest BCUT2D eigenvalue weighted by atomic mass is 16.5. The number of dihydropyridines is 1. The van der Waals surface area contributed by atoms with Gasteiger partial charge in [-0.3, -0.25) is 4.99 Å². The van der Waals surface area contributed by atoms with Gasteiger partial charge in [0, 0.05) is 13.3 Å². The maximum absolute atomic E-state index is 6.40. The van der Waals surface area contributed by atoms with E-state index in [1.165, 1.54) is 0 Å². The molecule has 0 aromatic carbocycles. The summed E-state index contributed by atoms with van der Waals surface area (Å²) in [6.45, 7) is 0. The standard InChI is InChI=1S/C12H21N3O/c1-16-10-5-3-9(4-6-10)12(14)7-2-8-15-11(12)13/h2,7-11H,3-6,13-14H2,1H3. The van der Waals surface area contributed by atoms with Gasteiger partial charge in [0.15, 0.2) is 0 Å². The summed E-state index contributed by atoms with van der Waals surface area (Å²) >= 11 is 0. The molecule has 1 fully saturated rings. The smallest absolute Gasteiger partial charge is 0.119 e. The molecule has 0 aromatic heterocycles. The lowest BCUT2D eigenvalue weighted by Gasteiger charge is -2.42. The van der Waals surface area contributed by atoms with Gasteiger partial charge in [0.25, 0.3) is 0 Å². The number of nitrogens with two attached hydrogens (primary N) is 2. The van der Waals surface area contributed by atoms with Gasteiger partial charge in [-0.25, -0.2) is 0 Å². The molecular formula is C12H21N3O. The average Bonchev–Trinajstić information content (AvgIpc) is 2.33. The number of hydrogen-bond donors (Lipinski definition) is 2. The number of aliphatic imine (C=N–C) groups is 1. The van der Waals surface area contributed by atoms with Crippen LogP contribution in [0.2, 0.25) is 0 Å². The van der Waals surface area contributed by atoms with Crippen LogP contribution in [0, 0.1) is 5.92 Å². The van der Waals surface area contributed by atoms with Gasteiger partial charge >= 0.3 is 0 Å². The molecule has 4 nitrogen and oxygen atoms in total. The second-order valence-corrected chi connectivity index (χ2v) is 4.81. The van der Waals surface area contributed by atoms with Gasteiger partial charge in [0.2, 0.25) is 0 Å². The van der Waals surface area contributed by atoms with E-state index in [1.807, 2.05) is 12.2 Å². The summed E-state index contributed by atoms with van der Waals surface area (Å²) in [5.74, 6) is 0.419. The predicted octanol–water partition coefficient (Wildman–Crippen LogP) is 0.814. The Morgan fingerprint density at radius 1 is 1.31 bits per heavy atom. The molecule has 2 unspecified atom stereocenters. The lowest BCUT2D eigenvalue weighted by molar-refractivity contribution is 0.0441. The van der Waals surface area contributed by atoms with Crippen molar-refractivity contribution in [2.24, 2.45) is 22.4 Å². The molecule has 0 saturated heterocycles. The van der Waals surface area contributed by atoms with Gasteiger partial charge in [-0.05, 0) is 37.7 Å². The zero-order valence-electron chi connectivity index (χ0n) is 9.80. The Labute approximate surface area is 96.7 Å². The van der Waals surface area contributed by atoms with Crippen LogP contribution in [0.5, 0.6) is 0 Å². The fourth-order valence-corrected chi connectivity index (χ4v) is 2.76. The van der Waals surface area contributed by atoms with E-state index in [-0.39, 0.29) is 6.17 Å². The summed E-state index contributed by atoms with van der Waals surface area (Å²) in [7, 11) is 1.78. The van der Waals surface area contributed by atoms with Crippen LogP contribution in [0.1, 0.15) is 25.7 Å². The summed E-state index contributed by atoms with van der Waals surface area (Å²) in [5.41, 5.74) is 11.9. The number of nitrogens with zero attached hydrogens (tertiary/aromatic N) is 1. The summed E-state index contributed by atoms with van der Waals surface area (Å²) in [6.07, 6.45) is 10.0. The van der Waals surface area contributed by atoms with Gasteiger partial charge in [-0.2, -0.15) is 0 Å². The highest BCUT2D eigenvalue weighted by molar-refractivity contribution is 5.73. The Bertz CT molecular complexity index is 295. The molecule has 2 aliphatic rings. The lowest BCUT2D eigenvalue weighted by Crippen LogP contribution is -2.59. The van der Waals surface area contributed by atoms with E-state index in [1.54, 1.807) is 13.3 Å². The lowest BCUT2D eigenvalue weighted by atomic mass is 9.72. The van der Waals surface area contributed by atoms with Crippen molar-refractivity contribution in [2.45, 2.75) is 43.5 Å². The molecule has 1 aliphatic carbocycles. The summed E-state index contributed by atoms with van der Waals surface area (Å²) in [5, 5.41) is 0. The average molecular weight is 223 g/mol. The zero-order valence-corrected chi connectivity index (χ0v) is 9.80. The first kappa shape index (κ1) is 11.8. The Kier molecular flexibility index (Phi) is 3.42. The molecule has 0 radical (unpaired) electrons. The summed E-state index contributed by atoms with van der Waals surface area (Å²) in [4.78, 5) is 4.21. The van der Waals surface area contributed by atoms with Crippen LogP contribution in [0.3, 0.4) is 0 Å². The maximum atomic E-state index is 6.40. The van der Waals surface area contributed by atoms with Gasteiger partial charge in [0.05, 0.1) is 11.6 Å². The van der Waals surface area contributed by atoms with E-state index in [4.69, 9.17) is 16.2 Å². The van der Waals surface area contributed by atoms with Crippen molar-refractivity contribution in [2.75, 3.05) is 7.11 Å². The third-order valence-corrected chi connectivity index (χ3v) is 3.94. The Morgan fingerprint density at radius 2 is 2.00 bits per heavy atom. The first-order valence-corrected chi connectivity index (χ1v) is 5.95. The van der Waals surface area contributed by atoms with Crippen molar-refractivity contribution in [1.29, 1.82) is 0 Å². The highest BCUT2D eigenvalue weighted by Gasteiger charge is 2.40. The Morgan fingerprint density at radius 3 is 2.56 bits per heavy atom. The number of hydrogen-bond acceptors (Lipinski definition) is 4. The molecule has 2 atom stereocenters. The van der Waals surface area contributed by atoms with E-state index >= 15 is 0 Å². The second-order valence-electron chi connectivity index (χ2n) is 4.81. The highest BCUT2D eigenvalue weighted by Crippen LogP contribution is 2.35. The quantitative estimate of drug-likeness (QED) is 0.727. The fraction of sp³-hybridized carbons (Fsp3) is 0.750. The molecule has 0 spiro atoms. The number of allylic oxidation sites excluding steroid dienone is 1. The van der Waals surface area contributed by atoms with Crippen LogP contribution in [0.4, 0.5) is 0 Å². The summed E-state index contributed by atoms with van der Waals surface area (Å²) < 4.78 is 5.37. The normalized spacial score (nSPS) is 43.6. The van der Waals surface area contributed by atoms with Crippen LogP contribution in [-0.4, -0.2) is 31.1 Å². The molecule has 1 heterocycles. The molecule has 16 heavy (non-hydrogen) atoms. The van der Waals surface area contributed by atoms with Gasteiger partial charge in [-0.1, -0.05) is 6.08 Å².